The first-order valence-corrected chi connectivity index (χ1v) is 8.87. The van der Waals surface area contributed by atoms with Crippen molar-refractivity contribution in [1.82, 2.24) is 24.4 Å². The number of primary amides is 1. The zero-order chi connectivity index (χ0) is 19.2. The van der Waals surface area contributed by atoms with Gasteiger partial charge in [-0.15, -0.1) is 0 Å². The number of nitrogens with zero attached hydrogens (tertiary/aromatic N) is 5. The number of aromatic nitrogens is 5. The molecular formula is C19H22N6O2. The Morgan fingerprint density at radius 1 is 1.37 bits per heavy atom. The van der Waals surface area contributed by atoms with Crippen molar-refractivity contribution < 1.29 is 9.53 Å². The number of aryl methyl sites for hydroxylation is 1. The molecule has 0 unspecified atom stereocenters. The van der Waals surface area contributed by atoms with Gasteiger partial charge in [-0.3, -0.25) is 9.48 Å². The summed E-state index contributed by atoms with van der Waals surface area (Å²) >= 11 is 0. The number of amides is 1. The van der Waals surface area contributed by atoms with Gasteiger partial charge in [0.2, 0.25) is 11.8 Å². The Bertz CT molecular complexity index is 1040. The maximum Gasteiger partial charge on any atom is 0.244 e. The fourth-order valence-corrected chi connectivity index (χ4v) is 3.76. The highest BCUT2D eigenvalue weighted by Gasteiger charge is 2.45. The van der Waals surface area contributed by atoms with Gasteiger partial charge in [0.25, 0.3) is 0 Å². The van der Waals surface area contributed by atoms with Gasteiger partial charge in [0, 0.05) is 24.4 Å². The number of ether oxygens (including phenoxy) is 1. The van der Waals surface area contributed by atoms with Gasteiger partial charge in [0.1, 0.15) is 11.1 Å². The van der Waals surface area contributed by atoms with Crippen LogP contribution in [0.15, 0.2) is 42.5 Å². The molecule has 3 aromatic rings. The molecule has 3 aromatic heterocycles. The van der Waals surface area contributed by atoms with Gasteiger partial charge in [0.05, 0.1) is 24.3 Å². The number of hydrogen-bond acceptors (Lipinski definition) is 5. The van der Waals surface area contributed by atoms with E-state index in [0.717, 1.165) is 16.8 Å². The molecule has 8 heteroatoms. The van der Waals surface area contributed by atoms with Crippen LogP contribution >= 0.6 is 0 Å². The third-order valence-electron chi connectivity index (χ3n) is 5.09. The Balaban J connectivity index is 1.63. The predicted octanol–water partition coefficient (Wildman–Crippen LogP) is 2.11. The fraction of sp³-hybridized carbons (Fsp3) is 0.368. The van der Waals surface area contributed by atoms with Crippen LogP contribution in [0.3, 0.4) is 0 Å². The van der Waals surface area contributed by atoms with E-state index in [-0.39, 0.29) is 11.8 Å². The molecule has 0 spiro atoms. The molecule has 1 aliphatic carbocycles. The molecule has 4 rings (SSSR count). The SMILES string of the molecule is C/C=C(\C(N)=O)C1CC(C)(Oc2nc(-c3cnn(C)c3)cn3nccc23)C1. The molecular weight excluding hydrogens is 344 g/mol. The second kappa shape index (κ2) is 6.22. The smallest absolute Gasteiger partial charge is 0.244 e. The lowest BCUT2D eigenvalue weighted by Gasteiger charge is -2.45. The molecule has 27 heavy (non-hydrogen) atoms. The highest BCUT2D eigenvalue weighted by Crippen LogP contribution is 2.45. The molecule has 3 heterocycles. The predicted molar refractivity (Wildman–Crippen MR) is 99.9 cm³/mol. The Kier molecular flexibility index (Phi) is 3.98. The third-order valence-corrected chi connectivity index (χ3v) is 5.09. The molecule has 1 aliphatic rings. The van der Waals surface area contributed by atoms with Gasteiger partial charge in [-0.1, -0.05) is 6.08 Å². The van der Waals surface area contributed by atoms with Crippen LogP contribution < -0.4 is 10.5 Å². The standard InChI is InChI=1S/C19H22N6O2/c1-4-14(17(20)26)12-7-19(2,8-12)27-18-16-5-6-21-25(16)11-15(23-18)13-9-22-24(3)10-13/h4-6,9-12H,7-8H2,1-3H3,(H2,20,26)/b14-4-. The van der Waals surface area contributed by atoms with Gasteiger partial charge in [0.15, 0.2) is 0 Å². The summed E-state index contributed by atoms with van der Waals surface area (Å²) in [4.78, 5) is 16.3. The average molecular weight is 366 g/mol. The lowest BCUT2D eigenvalue weighted by atomic mass is 9.68. The van der Waals surface area contributed by atoms with E-state index >= 15 is 0 Å². The Morgan fingerprint density at radius 2 is 2.15 bits per heavy atom. The van der Waals surface area contributed by atoms with Crippen molar-refractivity contribution in [2.24, 2.45) is 18.7 Å². The maximum atomic E-state index is 11.6. The lowest BCUT2D eigenvalue weighted by molar-refractivity contribution is -0.116. The fourth-order valence-electron chi connectivity index (χ4n) is 3.76. The molecule has 0 aromatic carbocycles. The van der Waals surface area contributed by atoms with E-state index in [9.17, 15) is 4.79 Å². The molecule has 1 fully saturated rings. The van der Waals surface area contributed by atoms with Crippen molar-refractivity contribution in [3.8, 4) is 17.1 Å². The second-order valence-electron chi connectivity index (χ2n) is 7.26. The van der Waals surface area contributed by atoms with Crippen LogP contribution in [0.4, 0.5) is 0 Å². The van der Waals surface area contributed by atoms with Crippen molar-refractivity contribution in [1.29, 1.82) is 0 Å². The Labute approximate surface area is 156 Å². The summed E-state index contributed by atoms with van der Waals surface area (Å²) in [5.74, 6) is 0.287. The van der Waals surface area contributed by atoms with Gasteiger partial charge in [-0.05, 0) is 38.7 Å². The molecule has 8 nitrogen and oxygen atoms in total. The number of carbonyl (C=O) groups is 1. The molecule has 0 atom stereocenters. The lowest BCUT2D eigenvalue weighted by Crippen LogP contribution is -2.48. The van der Waals surface area contributed by atoms with Crippen molar-refractivity contribution in [3.63, 3.8) is 0 Å². The number of carbonyl (C=O) groups excluding carboxylic acids is 1. The van der Waals surface area contributed by atoms with Crippen LogP contribution in [-0.2, 0) is 11.8 Å². The maximum absolute atomic E-state index is 11.6. The molecule has 0 radical (unpaired) electrons. The molecule has 0 aliphatic heterocycles. The minimum atomic E-state index is -0.403. The zero-order valence-corrected chi connectivity index (χ0v) is 15.6. The van der Waals surface area contributed by atoms with Crippen LogP contribution in [0.1, 0.15) is 26.7 Å². The normalized spacial score (nSPS) is 22.6. The first kappa shape index (κ1) is 17.3. The summed E-state index contributed by atoms with van der Waals surface area (Å²) in [6, 6.07) is 1.87. The van der Waals surface area contributed by atoms with E-state index < -0.39 is 5.60 Å². The minimum absolute atomic E-state index is 0.125. The number of allylic oxidation sites excluding steroid dienone is 1. The average Bonchev–Trinajstić information content (AvgIpc) is 3.22. The minimum Gasteiger partial charge on any atom is -0.470 e. The van der Waals surface area contributed by atoms with Gasteiger partial charge in [-0.25, -0.2) is 9.50 Å². The number of rotatable bonds is 5. The molecule has 2 N–H and O–H groups in total. The summed E-state index contributed by atoms with van der Waals surface area (Å²) in [6.07, 6.45) is 10.5. The Hall–Kier alpha value is -3.16. The summed E-state index contributed by atoms with van der Waals surface area (Å²) in [5.41, 5.74) is 8.16. The van der Waals surface area contributed by atoms with Gasteiger partial charge in [-0.2, -0.15) is 10.2 Å². The van der Waals surface area contributed by atoms with Crippen molar-refractivity contribution in [3.05, 3.63) is 42.5 Å². The van der Waals surface area contributed by atoms with Crippen LogP contribution in [0, 0.1) is 5.92 Å². The van der Waals surface area contributed by atoms with Gasteiger partial charge >= 0.3 is 0 Å². The van der Waals surface area contributed by atoms with Gasteiger partial charge < -0.3 is 10.5 Å². The van der Waals surface area contributed by atoms with E-state index in [1.165, 1.54) is 0 Å². The quantitative estimate of drug-likeness (QED) is 0.697. The van der Waals surface area contributed by atoms with E-state index in [0.29, 0.717) is 24.3 Å². The van der Waals surface area contributed by atoms with E-state index in [2.05, 4.69) is 10.2 Å². The first-order valence-electron chi connectivity index (χ1n) is 8.87. The highest BCUT2D eigenvalue weighted by atomic mass is 16.5. The monoisotopic (exact) mass is 366 g/mol. The molecule has 1 amide bonds. The van der Waals surface area contributed by atoms with E-state index in [1.807, 2.05) is 39.4 Å². The summed E-state index contributed by atoms with van der Waals surface area (Å²) < 4.78 is 9.79. The van der Waals surface area contributed by atoms with Crippen LogP contribution in [0.5, 0.6) is 5.88 Å². The van der Waals surface area contributed by atoms with Crippen molar-refractivity contribution in [2.45, 2.75) is 32.3 Å². The number of hydrogen-bond donors (Lipinski definition) is 1. The summed E-state index contributed by atoms with van der Waals surface area (Å²) in [6.45, 7) is 3.87. The van der Waals surface area contributed by atoms with Crippen LogP contribution in [0.25, 0.3) is 16.8 Å². The summed E-state index contributed by atoms with van der Waals surface area (Å²) in [7, 11) is 1.86. The Morgan fingerprint density at radius 3 is 2.78 bits per heavy atom. The topological polar surface area (TPSA) is 100 Å². The highest BCUT2D eigenvalue weighted by molar-refractivity contribution is 5.92. The molecule has 1 saturated carbocycles. The van der Waals surface area contributed by atoms with E-state index in [4.69, 9.17) is 15.5 Å². The van der Waals surface area contributed by atoms with Crippen LogP contribution in [-0.4, -0.2) is 35.9 Å². The largest absolute Gasteiger partial charge is 0.470 e. The molecule has 0 saturated heterocycles. The molecule has 140 valence electrons. The summed E-state index contributed by atoms with van der Waals surface area (Å²) in [5, 5.41) is 8.53. The van der Waals surface area contributed by atoms with Crippen molar-refractivity contribution in [2.75, 3.05) is 0 Å². The van der Waals surface area contributed by atoms with Crippen molar-refractivity contribution >= 4 is 11.4 Å². The third kappa shape index (κ3) is 3.07. The second-order valence-corrected chi connectivity index (χ2v) is 7.26. The van der Waals surface area contributed by atoms with E-state index in [1.54, 1.807) is 27.7 Å². The number of nitrogens with two attached hydrogens (primary N) is 1. The van der Waals surface area contributed by atoms with Crippen LogP contribution in [0.2, 0.25) is 0 Å². The first-order chi connectivity index (χ1) is 12.9. The molecule has 0 bridgehead atoms. The number of fused-ring (bicyclic) bond motifs is 1. The zero-order valence-electron chi connectivity index (χ0n) is 15.6.